The second kappa shape index (κ2) is 5.62. The summed E-state index contributed by atoms with van der Waals surface area (Å²) < 4.78 is 0. The monoisotopic (exact) mass is 240 g/mol. The van der Waals surface area contributed by atoms with E-state index in [4.69, 9.17) is 11.6 Å². The van der Waals surface area contributed by atoms with Crippen LogP contribution in [0.4, 0.5) is 0 Å². The third-order valence-electron chi connectivity index (χ3n) is 3.19. The second-order valence-electron chi connectivity index (χ2n) is 4.27. The largest absolute Gasteiger partial charge is 0.395 e. The zero-order valence-corrected chi connectivity index (χ0v) is 10.0. The molecule has 0 saturated carbocycles. The van der Waals surface area contributed by atoms with Crippen LogP contribution >= 0.6 is 11.6 Å². The molecule has 1 aliphatic rings. The Labute approximate surface area is 101 Å². The van der Waals surface area contributed by atoms with E-state index in [0.29, 0.717) is 5.02 Å². The van der Waals surface area contributed by atoms with Crippen LogP contribution in [0.2, 0.25) is 5.02 Å². The molecule has 16 heavy (non-hydrogen) atoms. The maximum Gasteiger partial charge on any atom is 0.0634 e. The molecule has 1 aliphatic heterocycles. The summed E-state index contributed by atoms with van der Waals surface area (Å²) in [6.45, 7) is 2.10. The molecule has 88 valence electrons. The fourth-order valence-corrected chi connectivity index (χ4v) is 2.41. The minimum absolute atomic E-state index is 0.239. The summed E-state index contributed by atoms with van der Waals surface area (Å²) in [6, 6.07) is 2.24. The van der Waals surface area contributed by atoms with Crippen LogP contribution < -0.4 is 0 Å². The normalized spacial score (nSPS) is 22.2. The molecule has 0 aromatic carbocycles. The molecule has 1 aromatic heterocycles. The van der Waals surface area contributed by atoms with Crippen LogP contribution in [-0.4, -0.2) is 34.2 Å². The Kier molecular flexibility index (Phi) is 4.16. The van der Waals surface area contributed by atoms with Gasteiger partial charge in [-0.15, -0.1) is 0 Å². The highest BCUT2D eigenvalue weighted by Gasteiger charge is 2.21. The number of hydrogen-bond donors (Lipinski definition) is 1. The van der Waals surface area contributed by atoms with Gasteiger partial charge in [0.15, 0.2) is 0 Å². The van der Waals surface area contributed by atoms with E-state index in [1.54, 1.807) is 12.4 Å². The molecule has 1 unspecified atom stereocenters. The molecule has 1 N–H and O–H groups in total. The predicted octanol–water partition coefficient (Wildman–Crippen LogP) is 2.08. The van der Waals surface area contributed by atoms with E-state index < -0.39 is 0 Å². The molecule has 0 bridgehead atoms. The van der Waals surface area contributed by atoms with Crippen molar-refractivity contribution in [3.8, 4) is 0 Å². The highest BCUT2D eigenvalue weighted by molar-refractivity contribution is 6.31. The number of piperidine rings is 1. The first-order valence-electron chi connectivity index (χ1n) is 5.74. The van der Waals surface area contributed by atoms with Gasteiger partial charge in [-0.1, -0.05) is 18.0 Å². The minimum Gasteiger partial charge on any atom is -0.395 e. The van der Waals surface area contributed by atoms with E-state index in [2.05, 4.69) is 9.88 Å². The summed E-state index contributed by atoms with van der Waals surface area (Å²) in [5.41, 5.74) is 1.09. The average Bonchev–Trinajstić information content (AvgIpc) is 2.33. The summed E-state index contributed by atoms with van der Waals surface area (Å²) in [4.78, 5) is 6.29. The zero-order valence-electron chi connectivity index (χ0n) is 9.27. The number of halogens is 1. The van der Waals surface area contributed by atoms with Crippen molar-refractivity contribution in [2.75, 3.05) is 13.2 Å². The maximum absolute atomic E-state index is 9.32. The van der Waals surface area contributed by atoms with Gasteiger partial charge < -0.3 is 5.11 Å². The van der Waals surface area contributed by atoms with Crippen molar-refractivity contribution in [1.82, 2.24) is 9.88 Å². The number of pyridine rings is 1. The van der Waals surface area contributed by atoms with Crippen LogP contribution in [0, 0.1) is 0 Å². The highest BCUT2D eigenvalue weighted by Crippen LogP contribution is 2.22. The fraction of sp³-hybridized carbons (Fsp3) is 0.583. The fourth-order valence-electron chi connectivity index (χ4n) is 2.23. The average molecular weight is 241 g/mol. The van der Waals surface area contributed by atoms with Crippen LogP contribution in [-0.2, 0) is 6.54 Å². The molecule has 0 spiro atoms. The van der Waals surface area contributed by atoms with Crippen molar-refractivity contribution in [3.05, 3.63) is 29.0 Å². The molecule has 2 rings (SSSR count). The number of aliphatic hydroxyl groups excluding tert-OH is 1. The van der Waals surface area contributed by atoms with E-state index >= 15 is 0 Å². The molecule has 0 aliphatic carbocycles. The van der Waals surface area contributed by atoms with E-state index in [-0.39, 0.29) is 12.6 Å². The van der Waals surface area contributed by atoms with E-state index in [1.807, 2.05) is 6.07 Å². The number of hydrogen-bond acceptors (Lipinski definition) is 3. The summed E-state index contributed by atoms with van der Waals surface area (Å²) in [7, 11) is 0. The highest BCUT2D eigenvalue weighted by atomic mass is 35.5. The smallest absolute Gasteiger partial charge is 0.0634 e. The Morgan fingerprint density at radius 2 is 2.38 bits per heavy atom. The van der Waals surface area contributed by atoms with Crippen molar-refractivity contribution in [3.63, 3.8) is 0 Å². The molecule has 0 amide bonds. The lowest BCUT2D eigenvalue weighted by atomic mass is 10.0. The van der Waals surface area contributed by atoms with Crippen molar-refractivity contribution >= 4 is 11.6 Å². The van der Waals surface area contributed by atoms with Gasteiger partial charge in [0.25, 0.3) is 0 Å². The Bertz CT molecular complexity index is 346. The van der Waals surface area contributed by atoms with E-state index in [9.17, 15) is 5.11 Å². The standard InChI is InChI=1S/C12H17ClN2O/c13-12-7-14-5-4-10(12)8-15-6-2-1-3-11(15)9-16/h4-5,7,11,16H,1-3,6,8-9H2. The van der Waals surface area contributed by atoms with Crippen molar-refractivity contribution in [2.24, 2.45) is 0 Å². The van der Waals surface area contributed by atoms with Crippen molar-refractivity contribution < 1.29 is 5.11 Å². The SMILES string of the molecule is OCC1CCCCN1Cc1ccncc1Cl. The van der Waals surface area contributed by atoms with Crippen LogP contribution in [0.25, 0.3) is 0 Å². The number of aliphatic hydroxyl groups is 1. The van der Waals surface area contributed by atoms with Gasteiger partial charge in [0, 0.05) is 25.0 Å². The lowest BCUT2D eigenvalue weighted by Gasteiger charge is -2.34. The summed E-state index contributed by atoms with van der Waals surface area (Å²) in [5.74, 6) is 0. The van der Waals surface area contributed by atoms with Crippen molar-refractivity contribution in [1.29, 1.82) is 0 Å². The first-order chi connectivity index (χ1) is 7.81. The van der Waals surface area contributed by atoms with Crippen LogP contribution in [0.5, 0.6) is 0 Å². The number of aromatic nitrogens is 1. The quantitative estimate of drug-likeness (QED) is 0.879. The third kappa shape index (κ3) is 2.73. The molecule has 2 heterocycles. The van der Waals surface area contributed by atoms with Gasteiger partial charge in [0.1, 0.15) is 0 Å². The Morgan fingerprint density at radius 3 is 3.12 bits per heavy atom. The van der Waals surface area contributed by atoms with Crippen LogP contribution in [0.15, 0.2) is 18.5 Å². The van der Waals surface area contributed by atoms with Gasteiger partial charge >= 0.3 is 0 Å². The van der Waals surface area contributed by atoms with E-state index in [0.717, 1.165) is 25.1 Å². The lowest BCUT2D eigenvalue weighted by molar-refractivity contribution is 0.0841. The van der Waals surface area contributed by atoms with Crippen LogP contribution in [0.3, 0.4) is 0 Å². The minimum atomic E-state index is 0.239. The molecule has 3 nitrogen and oxygen atoms in total. The molecule has 0 radical (unpaired) electrons. The van der Waals surface area contributed by atoms with Gasteiger partial charge in [0.05, 0.1) is 11.6 Å². The predicted molar refractivity (Wildman–Crippen MR) is 64.4 cm³/mol. The Morgan fingerprint density at radius 1 is 1.50 bits per heavy atom. The number of likely N-dealkylation sites (tertiary alicyclic amines) is 1. The van der Waals surface area contributed by atoms with Gasteiger partial charge in [-0.3, -0.25) is 9.88 Å². The second-order valence-corrected chi connectivity index (χ2v) is 4.68. The molecule has 1 saturated heterocycles. The van der Waals surface area contributed by atoms with Crippen molar-refractivity contribution in [2.45, 2.75) is 31.8 Å². The first-order valence-corrected chi connectivity index (χ1v) is 6.12. The number of nitrogens with zero attached hydrogens (tertiary/aromatic N) is 2. The number of rotatable bonds is 3. The lowest BCUT2D eigenvalue weighted by Crippen LogP contribution is -2.41. The van der Waals surface area contributed by atoms with E-state index in [1.165, 1.54) is 12.8 Å². The molecular weight excluding hydrogens is 224 g/mol. The van der Waals surface area contributed by atoms with Gasteiger partial charge in [0.2, 0.25) is 0 Å². The van der Waals surface area contributed by atoms with Gasteiger partial charge in [-0.2, -0.15) is 0 Å². The summed E-state index contributed by atoms with van der Waals surface area (Å²) >= 11 is 6.08. The summed E-state index contributed by atoms with van der Waals surface area (Å²) in [5, 5.41) is 10.0. The molecule has 1 aromatic rings. The first kappa shape index (κ1) is 11.8. The van der Waals surface area contributed by atoms with Gasteiger partial charge in [-0.05, 0) is 31.0 Å². The summed E-state index contributed by atoms with van der Waals surface area (Å²) in [6.07, 6.45) is 6.94. The zero-order chi connectivity index (χ0) is 11.4. The third-order valence-corrected chi connectivity index (χ3v) is 3.53. The van der Waals surface area contributed by atoms with Crippen LogP contribution in [0.1, 0.15) is 24.8 Å². The molecule has 4 heteroatoms. The van der Waals surface area contributed by atoms with Gasteiger partial charge in [-0.25, -0.2) is 0 Å². The molecule has 1 atom stereocenters. The Balaban J connectivity index is 2.05. The molecule has 1 fully saturated rings. The Hall–Kier alpha value is -0.640. The topological polar surface area (TPSA) is 36.4 Å². The molecular formula is C12H17ClN2O. The maximum atomic E-state index is 9.32.